The third-order valence-electron chi connectivity index (χ3n) is 3.67. The van der Waals surface area contributed by atoms with Crippen LogP contribution in [0.2, 0.25) is 0 Å². The van der Waals surface area contributed by atoms with Crippen molar-refractivity contribution in [1.29, 1.82) is 0 Å². The molecule has 0 aliphatic heterocycles. The number of carbonyl (C=O) groups excluding carboxylic acids is 2. The molecule has 0 aromatic heterocycles. The predicted octanol–water partition coefficient (Wildman–Crippen LogP) is 5.54. The van der Waals surface area contributed by atoms with E-state index in [0.29, 0.717) is 6.42 Å². The lowest BCUT2D eigenvalue weighted by atomic mass is 10.1. The standard InChI is InChI=1S/C20H34O3/c1-5-6-7-8-9-13-19(21)16-20(22)23-15-14-18(4)12-10-11-17(2)3/h11,14H,5-10,12-13,15-16H2,1-4H3. The molecule has 0 saturated heterocycles. The average Bonchev–Trinajstić information content (AvgIpc) is 2.46. The number of Topliss-reactive ketones (excluding diaryl/α,β-unsaturated/α-hetero) is 1. The molecule has 0 N–H and O–H groups in total. The molecule has 0 atom stereocenters. The summed E-state index contributed by atoms with van der Waals surface area (Å²) in [5, 5.41) is 0. The van der Waals surface area contributed by atoms with Crippen LogP contribution in [0.3, 0.4) is 0 Å². The number of carbonyl (C=O) groups is 2. The number of rotatable bonds is 13. The lowest BCUT2D eigenvalue weighted by Crippen LogP contribution is -2.11. The van der Waals surface area contributed by atoms with Gasteiger partial charge < -0.3 is 4.74 Å². The number of esters is 1. The van der Waals surface area contributed by atoms with Gasteiger partial charge in [-0.15, -0.1) is 0 Å². The maximum Gasteiger partial charge on any atom is 0.313 e. The fraction of sp³-hybridized carbons (Fsp3) is 0.700. The molecular formula is C20H34O3. The topological polar surface area (TPSA) is 43.4 Å². The van der Waals surface area contributed by atoms with Crippen LogP contribution in [0.15, 0.2) is 23.3 Å². The molecule has 0 rings (SSSR count). The van der Waals surface area contributed by atoms with Crippen molar-refractivity contribution >= 4 is 11.8 Å². The van der Waals surface area contributed by atoms with E-state index in [0.717, 1.165) is 25.7 Å². The average molecular weight is 322 g/mol. The molecule has 0 aliphatic rings. The van der Waals surface area contributed by atoms with Crippen LogP contribution in [-0.4, -0.2) is 18.4 Å². The number of hydrogen-bond acceptors (Lipinski definition) is 3. The van der Waals surface area contributed by atoms with E-state index >= 15 is 0 Å². The van der Waals surface area contributed by atoms with Gasteiger partial charge in [-0.3, -0.25) is 9.59 Å². The highest BCUT2D eigenvalue weighted by Crippen LogP contribution is 2.08. The molecule has 0 aromatic carbocycles. The van der Waals surface area contributed by atoms with Crippen LogP contribution in [0.25, 0.3) is 0 Å². The summed E-state index contributed by atoms with van der Waals surface area (Å²) >= 11 is 0. The Morgan fingerprint density at radius 2 is 1.61 bits per heavy atom. The summed E-state index contributed by atoms with van der Waals surface area (Å²) in [5.41, 5.74) is 2.52. The van der Waals surface area contributed by atoms with Crippen molar-refractivity contribution in [2.24, 2.45) is 0 Å². The highest BCUT2D eigenvalue weighted by molar-refractivity contribution is 5.95. The smallest absolute Gasteiger partial charge is 0.313 e. The monoisotopic (exact) mass is 322 g/mol. The Morgan fingerprint density at radius 3 is 2.26 bits per heavy atom. The van der Waals surface area contributed by atoms with Crippen molar-refractivity contribution in [2.75, 3.05) is 6.61 Å². The van der Waals surface area contributed by atoms with Gasteiger partial charge in [0.05, 0.1) is 0 Å². The summed E-state index contributed by atoms with van der Waals surface area (Å²) < 4.78 is 5.10. The second kappa shape index (κ2) is 14.2. The zero-order valence-electron chi connectivity index (χ0n) is 15.5. The van der Waals surface area contributed by atoms with Crippen LogP contribution in [0, 0.1) is 0 Å². The summed E-state index contributed by atoms with van der Waals surface area (Å²) in [7, 11) is 0. The van der Waals surface area contributed by atoms with Crippen LogP contribution in [0.1, 0.15) is 85.5 Å². The van der Waals surface area contributed by atoms with Crippen LogP contribution >= 0.6 is 0 Å². The summed E-state index contributed by atoms with van der Waals surface area (Å²) in [6.07, 6.45) is 12.1. The van der Waals surface area contributed by atoms with Gasteiger partial charge in [0.25, 0.3) is 0 Å². The van der Waals surface area contributed by atoms with Gasteiger partial charge in [-0.2, -0.15) is 0 Å². The Balaban J connectivity index is 3.76. The normalized spacial score (nSPS) is 11.2. The maximum atomic E-state index is 11.7. The van der Waals surface area contributed by atoms with E-state index in [9.17, 15) is 9.59 Å². The molecule has 0 bridgehead atoms. The molecular weight excluding hydrogens is 288 g/mol. The molecule has 0 saturated carbocycles. The summed E-state index contributed by atoms with van der Waals surface area (Å²) in [6.45, 7) is 8.64. The molecule has 0 aromatic rings. The van der Waals surface area contributed by atoms with Gasteiger partial charge in [-0.1, -0.05) is 49.8 Å². The van der Waals surface area contributed by atoms with Crippen LogP contribution in [0.4, 0.5) is 0 Å². The van der Waals surface area contributed by atoms with Gasteiger partial charge in [0, 0.05) is 6.42 Å². The second-order valence-electron chi connectivity index (χ2n) is 6.43. The van der Waals surface area contributed by atoms with Gasteiger partial charge in [0.15, 0.2) is 0 Å². The van der Waals surface area contributed by atoms with Crippen molar-refractivity contribution in [3.05, 3.63) is 23.3 Å². The Morgan fingerprint density at radius 1 is 0.913 bits per heavy atom. The minimum atomic E-state index is -0.406. The van der Waals surface area contributed by atoms with E-state index in [1.165, 1.54) is 30.4 Å². The van der Waals surface area contributed by atoms with Gasteiger partial charge in [0.1, 0.15) is 18.8 Å². The van der Waals surface area contributed by atoms with E-state index in [1.54, 1.807) is 0 Å². The molecule has 0 unspecified atom stereocenters. The highest BCUT2D eigenvalue weighted by atomic mass is 16.5. The zero-order chi connectivity index (χ0) is 17.5. The lowest BCUT2D eigenvalue weighted by molar-refractivity contribution is -0.144. The van der Waals surface area contributed by atoms with Crippen molar-refractivity contribution in [1.82, 2.24) is 0 Å². The van der Waals surface area contributed by atoms with E-state index < -0.39 is 5.97 Å². The Kier molecular flexibility index (Phi) is 13.4. The van der Waals surface area contributed by atoms with E-state index in [2.05, 4.69) is 26.8 Å². The zero-order valence-corrected chi connectivity index (χ0v) is 15.5. The molecule has 0 amide bonds. The fourth-order valence-corrected chi connectivity index (χ4v) is 2.19. The molecule has 0 aliphatic carbocycles. The van der Waals surface area contributed by atoms with Crippen molar-refractivity contribution in [2.45, 2.75) is 85.5 Å². The summed E-state index contributed by atoms with van der Waals surface area (Å²) in [6, 6.07) is 0. The fourth-order valence-electron chi connectivity index (χ4n) is 2.19. The van der Waals surface area contributed by atoms with Gasteiger partial charge in [0.2, 0.25) is 0 Å². The minimum absolute atomic E-state index is 0.00393. The van der Waals surface area contributed by atoms with Gasteiger partial charge in [-0.05, 0) is 46.1 Å². The Hall–Kier alpha value is -1.38. The minimum Gasteiger partial charge on any atom is -0.461 e. The molecule has 3 heteroatoms. The first kappa shape index (κ1) is 21.6. The summed E-state index contributed by atoms with van der Waals surface area (Å²) in [4.78, 5) is 23.3. The first-order chi connectivity index (χ1) is 11.0. The van der Waals surface area contributed by atoms with E-state index in [-0.39, 0.29) is 18.8 Å². The molecule has 3 nitrogen and oxygen atoms in total. The SMILES string of the molecule is CCCCCCCC(=O)CC(=O)OCC=C(C)CCC=C(C)C. The molecule has 0 fully saturated rings. The second-order valence-corrected chi connectivity index (χ2v) is 6.43. The first-order valence-electron chi connectivity index (χ1n) is 8.92. The number of unbranched alkanes of at least 4 members (excludes halogenated alkanes) is 4. The number of ketones is 1. The molecule has 23 heavy (non-hydrogen) atoms. The number of hydrogen-bond donors (Lipinski definition) is 0. The van der Waals surface area contributed by atoms with Crippen LogP contribution in [-0.2, 0) is 14.3 Å². The Labute approximate surface area is 142 Å². The predicted molar refractivity (Wildman–Crippen MR) is 96.4 cm³/mol. The van der Waals surface area contributed by atoms with Gasteiger partial charge in [-0.25, -0.2) is 0 Å². The number of allylic oxidation sites excluding steroid dienone is 3. The van der Waals surface area contributed by atoms with Crippen molar-refractivity contribution < 1.29 is 14.3 Å². The van der Waals surface area contributed by atoms with Crippen LogP contribution < -0.4 is 0 Å². The highest BCUT2D eigenvalue weighted by Gasteiger charge is 2.09. The van der Waals surface area contributed by atoms with Crippen LogP contribution in [0.5, 0.6) is 0 Å². The third kappa shape index (κ3) is 15.3. The molecule has 132 valence electrons. The quantitative estimate of drug-likeness (QED) is 0.193. The Bertz CT molecular complexity index is 401. The number of ether oxygens (including phenoxy) is 1. The lowest BCUT2D eigenvalue weighted by Gasteiger charge is -2.04. The van der Waals surface area contributed by atoms with Crippen molar-refractivity contribution in [3.63, 3.8) is 0 Å². The maximum absolute atomic E-state index is 11.7. The molecule has 0 spiro atoms. The van der Waals surface area contributed by atoms with E-state index in [4.69, 9.17) is 4.74 Å². The third-order valence-corrected chi connectivity index (χ3v) is 3.67. The summed E-state index contributed by atoms with van der Waals surface area (Å²) in [5.74, 6) is -0.410. The largest absolute Gasteiger partial charge is 0.461 e. The first-order valence-corrected chi connectivity index (χ1v) is 8.92. The van der Waals surface area contributed by atoms with Crippen molar-refractivity contribution in [3.8, 4) is 0 Å². The van der Waals surface area contributed by atoms with Gasteiger partial charge >= 0.3 is 5.97 Å². The molecule has 0 radical (unpaired) electrons. The molecule has 0 heterocycles. The van der Waals surface area contributed by atoms with E-state index in [1.807, 2.05) is 13.0 Å².